The predicted molar refractivity (Wildman–Crippen MR) is 163 cm³/mol. The highest BCUT2D eigenvalue weighted by Crippen LogP contribution is 2.35. The Bertz CT molecular complexity index is 1480. The lowest BCUT2D eigenvalue weighted by Gasteiger charge is -2.21. The summed E-state index contributed by atoms with van der Waals surface area (Å²) in [5, 5.41) is 10.6. The fraction of sp³-hybridized carbons (Fsp3) is 0.300. The van der Waals surface area contributed by atoms with Crippen LogP contribution >= 0.6 is 0 Å². The first-order valence-corrected chi connectivity index (χ1v) is 13.7. The summed E-state index contributed by atoms with van der Waals surface area (Å²) in [6, 6.07) is 11.3. The lowest BCUT2D eigenvalue weighted by Crippen LogP contribution is -2.39. The Morgan fingerprint density at radius 1 is 1.09 bits per heavy atom. The number of carbonyl (C=O) groups excluding carboxylic acids is 3. The van der Waals surface area contributed by atoms with Gasteiger partial charge < -0.3 is 31.9 Å². The van der Waals surface area contributed by atoms with Crippen molar-refractivity contribution >= 4 is 40.9 Å². The van der Waals surface area contributed by atoms with E-state index in [-0.39, 0.29) is 28.6 Å². The molecule has 0 aliphatic heterocycles. The minimum absolute atomic E-state index is 0.0608. The number of alkyl halides is 3. The average molecular weight is 613 g/mol. The van der Waals surface area contributed by atoms with E-state index in [0.29, 0.717) is 24.3 Å². The van der Waals surface area contributed by atoms with Gasteiger partial charge in [-0.25, -0.2) is 18.2 Å². The number of primary amides is 1. The molecular formula is C30H35F3N8O3. The number of nitrogens with two attached hydrogens (primary N) is 1. The van der Waals surface area contributed by atoms with Gasteiger partial charge in [-0.3, -0.25) is 14.4 Å². The number of likely N-dealkylation sites (N-methyl/N-ethyl adjacent to an activating group) is 1. The van der Waals surface area contributed by atoms with Crippen LogP contribution in [0, 0.1) is 0 Å². The van der Waals surface area contributed by atoms with Crippen LogP contribution in [0.4, 0.5) is 36.3 Å². The van der Waals surface area contributed by atoms with Gasteiger partial charge in [-0.15, -0.1) is 0 Å². The van der Waals surface area contributed by atoms with Crippen LogP contribution in [0.25, 0.3) is 0 Å². The molecule has 0 spiro atoms. The molecule has 1 aromatic heterocycles. The van der Waals surface area contributed by atoms with E-state index in [1.165, 1.54) is 42.6 Å². The van der Waals surface area contributed by atoms with Crippen LogP contribution < -0.4 is 27.0 Å². The van der Waals surface area contributed by atoms with E-state index in [9.17, 15) is 27.6 Å². The molecule has 2 aromatic carbocycles. The molecular weight excluding hydrogens is 577 g/mol. The molecule has 0 saturated carbocycles. The number of rotatable bonds is 15. The number of halogens is 3. The molecule has 3 rings (SSSR count). The molecule has 1 atom stereocenters. The van der Waals surface area contributed by atoms with Crippen molar-refractivity contribution in [2.45, 2.75) is 25.4 Å². The smallest absolute Gasteiger partial charge is 0.299 e. The highest BCUT2D eigenvalue weighted by Gasteiger charge is 2.41. The predicted octanol–water partition coefficient (Wildman–Crippen LogP) is 4.27. The minimum Gasteiger partial charge on any atom is -0.369 e. The first kappa shape index (κ1) is 33.5. The number of hydrogen-bond donors (Lipinski definition) is 5. The molecule has 11 nitrogen and oxygen atoms in total. The Labute approximate surface area is 253 Å². The highest BCUT2D eigenvalue weighted by molar-refractivity contribution is 6.07. The van der Waals surface area contributed by atoms with Crippen molar-refractivity contribution in [3.05, 3.63) is 83.6 Å². The van der Waals surface area contributed by atoms with Crippen LogP contribution in [0.2, 0.25) is 0 Å². The molecule has 3 aromatic rings. The summed E-state index contributed by atoms with van der Waals surface area (Å²) in [7, 11) is 3.56. The van der Waals surface area contributed by atoms with E-state index in [1.54, 1.807) is 31.1 Å². The van der Waals surface area contributed by atoms with Crippen molar-refractivity contribution < 1.29 is 27.6 Å². The van der Waals surface area contributed by atoms with E-state index in [2.05, 4.69) is 25.9 Å². The number of nitrogens with zero attached hydrogens (tertiary/aromatic N) is 3. The molecule has 44 heavy (non-hydrogen) atoms. The molecule has 0 fully saturated rings. The Morgan fingerprint density at radius 3 is 2.48 bits per heavy atom. The third-order valence-corrected chi connectivity index (χ3v) is 6.05. The summed E-state index contributed by atoms with van der Waals surface area (Å²) in [6.07, 6.45) is 1.86. The van der Waals surface area contributed by atoms with Gasteiger partial charge in [0.1, 0.15) is 11.4 Å². The number of carbonyl (C=O) groups is 3. The van der Waals surface area contributed by atoms with Crippen molar-refractivity contribution in [2.75, 3.05) is 49.7 Å². The number of anilines is 4. The monoisotopic (exact) mass is 612 g/mol. The molecule has 0 radical (unpaired) electrons. The molecule has 0 bridgehead atoms. The van der Waals surface area contributed by atoms with E-state index < -0.39 is 36.4 Å². The quantitative estimate of drug-likeness (QED) is 0.160. The largest absolute Gasteiger partial charge is 0.369 e. The van der Waals surface area contributed by atoms with Crippen LogP contribution in [-0.2, 0) is 4.79 Å². The Hall–Kier alpha value is -4.98. The van der Waals surface area contributed by atoms with Gasteiger partial charge in [0, 0.05) is 42.3 Å². The standard InChI is InChI=1S/C30H35F3N8O3/c1-4-14-35-27-23(17-36-29(40-27)39-21-12-10-19(11-13-21)26(34)43)28(44)38-22-8-5-7-20(16-22)25(31)30(32,33)18-37-24(42)9-6-15-41(2)3/h5-13,16-17,25H,4,14-15,18H2,1-3H3,(H2,34,43)(H,37,42)(H,38,44)(H2,35,36,39,40)/b9-6+. The zero-order chi connectivity index (χ0) is 32.3. The minimum atomic E-state index is -3.91. The van der Waals surface area contributed by atoms with E-state index >= 15 is 0 Å². The molecule has 14 heteroatoms. The van der Waals surface area contributed by atoms with Crippen molar-refractivity contribution in [2.24, 2.45) is 5.73 Å². The van der Waals surface area contributed by atoms with Crippen LogP contribution in [0.1, 0.15) is 45.8 Å². The number of benzene rings is 2. The maximum absolute atomic E-state index is 15.0. The van der Waals surface area contributed by atoms with Crippen molar-refractivity contribution in [1.29, 1.82) is 0 Å². The lowest BCUT2D eigenvalue weighted by molar-refractivity contribution is -0.120. The molecule has 1 heterocycles. The number of nitrogens with one attached hydrogen (secondary N) is 4. The maximum atomic E-state index is 15.0. The van der Waals surface area contributed by atoms with Gasteiger partial charge >= 0.3 is 0 Å². The highest BCUT2D eigenvalue weighted by atomic mass is 19.3. The lowest BCUT2D eigenvalue weighted by atomic mass is 10.0. The third-order valence-electron chi connectivity index (χ3n) is 6.05. The van der Waals surface area contributed by atoms with Gasteiger partial charge in [0.15, 0.2) is 6.17 Å². The summed E-state index contributed by atoms with van der Waals surface area (Å²) >= 11 is 0. The second-order valence-corrected chi connectivity index (χ2v) is 10.0. The van der Waals surface area contributed by atoms with Gasteiger partial charge in [-0.2, -0.15) is 4.98 Å². The maximum Gasteiger partial charge on any atom is 0.299 e. The molecule has 234 valence electrons. The molecule has 0 aliphatic carbocycles. The summed E-state index contributed by atoms with van der Waals surface area (Å²) in [5.41, 5.74) is 5.92. The fourth-order valence-corrected chi connectivity index (χ4v) is 3.77. The van der Waals surface area contributed by atoms with Crippen molar-refractivity contribution in [3.63, 3.8) is 0 Å². The van der Waals surface area contributed by atoms with Crippen LogP contribution in [0.5, 0.6) is 0 Å². The van der Waals surface area contributed by atoms with Crippen molar-refractivity contribution in [3.8, 4) is 0 Å². The normalized spacial score (nSPS) is 12.2. The zero-order valence-corrected chi connectivity index (χ0v) is 24.5. The summed E-state index contributed by atoms with van der Waals surface area (Å²) in [4.78, 5) is 46.6. The Morgan fingerprint density at radius 2 is 1.82 bits per heavy atom. The van der Waals surface area contributed by atoms with Gasteiger partial charge in [-0.1, -0.05) is 25.1 Å². The van der Waals surface area contributed by atoms with Gasteiger partial charge in [0.05, 0.1) is 6.54 Å². The number of aromatic nitrogens is 2. The van der Waals surface area contributed by atoms with Crippen LogP contribution in [-0.4, -0.2) is 72.2 Å². The number of hydrogen-bond acceptors (Lipinski definition) is 8. The van der Waals surface area contributed by atoms with Gasteiger partial charge in [0.2, 0.25) is 17.8 Å². The first-order chi connectivity index (χ1) is 20.9. The molecule has 3 amide bonds. The van der Waals surface area contributed by atoms with Gasteiger partial charge in [0.25, 0.3) is 11.8 Å². The number of amides is 3. The average Bonchev–Trinajstić information content (AvgIpc) is 2.99. The second-order valence-electron chi connectivity index (χ2n) is 10.0. The fourth-order valence-electron chi connectivity index (χ4n) is 3.77. The Balaban J connectivity index is 1.71. The van der Waals surface area contributed by atoms with E-state index in [4.69, 9.17) is 5.73 Å². The van der Waals surface area contributed by atoms with Gasteiger partial charge in [-0.05, 0) is 62.5 Å². The summed E-state index contributed by atoms with van der Waals surface area (Å²) in [5.74, 6) is -5.53. The SMILES string of the molecule is CCCNc1nc(Nc2ccc(C(N)=O)cc2)ncc1C(=O)Nc1cccc(C(F)C(F)(F)CNC(=O)/C=C/CN(C)C)c1. The first-order valence-electron chi connectivity index (χ1n) is 13.7. The van der Waals surface area contributed by atoms with E-state index in [1.807, 2.05) is 12.2 Å². The Kier molecular flexibility index (Phi) is 11.8. The topological polar surface area (TPSA) is 154 Å². The van der Waals surface area contributed by atoms with E-state index in [0.717, 1.165) is 18.6 Å². The summed E-state index contributed by atoms with van der Waals surface area (Å²) in [6.45, 7) is 1.64. The van der Waals surface area contributed by atoms with Crippen LogP contribution in [0.3, 0.4) is 0 Å². The summed E-state index contributed by atoms with van der Waals surface area (Å²) < 4.78 is 44.2. The van der Waals surface area contributed by atoms with Crippen LogP contribution in [0.15, 0.2) is 66.9 Å². The zero-order valence-electron chi connectivity index (χ0n) is 24.5. The third kappa shape index (κ3) is 9.80. The molecule has 6 N–H and O–H groups in total. The molecule has 1 unspecified atom stereocenters. The van der Waals surface area contributed by atoms with Crippen molar-refractivity contribution in [1.82, 2.24) is 20.2 Å². The molecule has 0 saturated heterocycles. The molecule has 0 aliphatic rings. The second kappa shape index (κ2) is 15.5.